The van der Waals surface area contributed by atoms with Crippen LogP contribution in [0.5, 0.6) is 0 Å². The Labute approximate surface area is 122 Å². The molecule has 0 spiro atoms. The lowest BCUT2D eigenvalue weighted by molar-refractivity contribution is 0.414. The van der Waals surface area contributed by atoms with Crippen molar-refractivity contribution in [3.05, 3.63) is 35.4 Å². The van der Waals surface area contributed by atoms with Crippen LogP contribution in [0, 0.1) is 12.8 Å². The summed E-state index contributed by atoms with van der Waals surface area (Å²) in [6.45, 7) is 1.99. The predicted molar refractivity (Wildman–Crippen MR) is 83.5 cm³/mol. The van der Waals surface area contributed by atoms with Crippen molar-refractivity contribution in [1.82, 2.24) is 5.32 Å². The Hall–Kier alpha value is -0.870. The first kappa shape index (κ1) is 15.5. The lowest BCUT2D eigenvalue weighted by Crippen LogP contribution is -2.30. The van der Waals surface area contributed by atoms with Gasteiger partial charge < -0.3 is 5.32 Å². The zero-order valence-electron chi connectivity index (χ0n) is 12.4. The van der Waals surface area contributed by atoms with Crippen molar-refractivity contribution in [2.45, 2.75) is 44.4 Å². The zero-order chi connectivity index (χ0) is 14.6. The highest BCUT2D eigenvalue weighted by Crippen LogP contribution is 2.28. The number of hydrogen-bond acceptors (Lipinski definition) is 3. The summed E-state index contributed by atoms with van der Waals surface area (Å²) in [6, 6.07) is 8.28. The first-order chi connectivity index (χ1) is 9.50. The van der Waals surface area contributed by atoms with Crippen molar-refractivity contribution in [3.8, 4) is 0 Å². The highest BCUT2D eigenvalue weighted by atomic mass is 32.2. The Kier molecular flexibility index (Phi) is 5.22. The van der Waals surface area contributed by atoms with Gasteiger partial charge in [0.2, 0.25) is 0 Å². The van der Waals surface area contributed by atoms with E-state index in [9.17, 15) is 8.42 Å². The van der Waals surface area contributed by atoms with Gasteiger partial charge in [-0.2, -0.15) is 0 Å². The van der Waals surface area contributed by atoms with Crippen LogP contribution in [0.25, 0.3) is 0 Å². The van der Waals surface area contributed by atoms with Crippen LogP contribution in [-0.2, 0) is 15.6 Å². The van der Waals surface area contributed by atoms with Gasteiger partial charge in [-0.25, -0.2) is 8.42 Å². The fraction of sp³-hybridized carbons (Fsp3) is 0.625. The highest BCUT2D eigenvalue weighted by Gasteiger charge is 2.27. The minimum Gasteiger partial charge on any atom is -0.317 e. The Balaban J connectivity index is 1.91. The lowest BCUT2D eigenvalue weighted by Gasteiger charge is -2.18. The number of hydrogen-bond donors (Lipinski definition) is 1. The third-order valence-electron chi connectivity index (χ3n) is 4.30. The van der Waals surface area contributed by atoms with Crippen molar-refractivity contribution in [1.29, 1.82) is 0 Å². The van der Waals surface area contributed by atoms with E-state index in [-0.39, 0.29) is 5.75 Å². The molecule has 2 unspecified atom stereocenters. The summed E-state index contributed by atoms with van der Waals surface area (Å²) in [5.74, 6) is 1.00. The second kappa shape index (κ2) is 6.72. The van der Waals surface area contributed by atoms with Crippen molar-refractivity contribution in [3.63, 3.8) is 0 Å². The van der Waals surface area contributed by atoms with Gasteiger partial charge >= 0.3 is 0 Å². The molecule has 0 radical (unpaired) electrons. The van der Waals surface area contributed by atoms with E-state index in [2.05, 4.69) is 5.32 Å². The van der Waals surface area contributed by atoms with E-state index in [1.54, 1.807) is 0 Å². The molecule has 1 aliphatic rings. The van der Waals surface area contributed by atoms with E-state index in [0.29, 0.717) is 17.7 Å². The normalized spacial score (nSPS) is 23.1. The van der Waals surface area contributed by atoms with Crippen LogP contribution >= 0.6 is 0 Å². The quantitative estimate of drug-likeness (QED) is 0.877. The van der Waals surface area contributed by atoms with Crippen LogP contribution in [0.2, 0.25) is 0 Å². The van der Waals surface area contributed by atoms with Gasteiger partial charge in [-0.15, -0.1) is 0 Å². The molecule has 1 fully saturated rings. The van der Waals surface area contributed by atoms with E-state index in [4.69, 9.17) is 0 Å². The molecule has 4 heteroatoms. The largest absolute Gasteiger partial charge is 0.317 e. The average molecular weight is 295 g/mol. The number of sulfone groups is 1. The molecule has 0 aliphatic heterocycles. The Bertz CT molecular complexity index is 539. The van der Waals surface area contributed by atoms with Crippen molar-refractivity contribution in [2.75, 3.05) is 12.8 Å². The molecule has 1 aliphatic carbocycles. The van der Waals surface area contributed by atoms with Gasteiger partial charge in [0.1, 0.15) is 0 Å². The summed E-state index contributed by atoms with van der Waals surface area (Å²) < 4.78 is 24.5. The second-order valence-electron chi connectivity index (χ2n) is 5.96. The minimum absolute atomic E-state index is 0.172. The maximum Gasteiger partial charge on any atom is 0.154 e. The third-order valence-corrected chi connectivity index (χ3v) is 5.93. The topological polar surface area (TPSA) is 46.2 Å². The van der Waals surface area contributed by atoms with E-state index >= 15 is 0 Å². The maximum absolute atomic E-state index is 12.2. The highest BCUT2D eigenvalue weighted by molar-refractivity contribution is 7.90. The summed E-state index contributed by atoms with van der Waals surface area (Å²) in [7, 11) is -1.02. The molecule has 0 bridgehead atoms. The monoisotopic (exact) mass is 295 g/mol. The first-order valence-electron chi connectivity index (χ1n) is 7.43. The van der Waals surface area contributed by atoms with Gasteiger partial charge in [-0.1, -0.05) is 36.2 Å². The number of benzene rings is 1. The van der Waals surface area contributed by atoms with Crippen LogP contribution in [0.3, 0.4) is 0 Å². The van der Waals surface area contributed by atoms with Crippen molar-refractivity contribution in [2.24, 2.45) is 5.92 Å². The molecule has 0 heterocycles. The summed E-state index contributed by atoms with van der Waals surface area (Å²) in [5.41, 5.74) is 2.02. The fourth-order valence-corrected chi connectivity index (χ4v) is 4.71. The van der Waals surface area contributed by atoms with Crippen molar-refractivity contribution < 1.29 is 8.42 Å². The van der Waals surface area contributed by atoms with Gasteiger partial charge in [-0.05, 0) is 44.7 Å². The summed E-state index contributed by atoms with van der Waals surface area (Å²) in [6.07, 6.45) is 4.35. The van der Waals surface area contributed by atoms with Crippen LogP contribution in [0.15, 0.2) is 24.3 Å². The van der Waals surface area contributed by atoms with Crippen LogP contribution in [0.4, 0.5) is 0 Å². The van der Waals surface area contributed by atoms with Gasteiger partial charge in [0.25, 0.3) is 0 Å². The smallest absolute Gasteiger partial charge is 0.154 e. The van der Waals surface area contributed by atoms with E-state index < -0.39 is 9.84 Å². The number of rotatable bonds is 6. The predicted octanol–water partition coefficient (Wildman–Crippen LogP) is 2.69. The molecule has 3 nitrogen and oxygen atoms in total. The Morgan fingerprint density at radius 2 is 2.10 bits per heavy atom. The maximum atomic E-state index is 12.2. The molecule has 20 heavy (non-hydrogen) atoms. The molecule has 112 valence electrons. The van der Waals surface area contributed by atoms with Crippen LogP contribution < -0.4 is 5.32 Å². The molecule has 1 aromatic rings. The lowest BCUT2D eigenvalue weighted by atomic mass is 10.0. The molecule has 0 saturated heterocycles. The Morgan fingerprint density at radius 1 is 1.30 bits per heavy atom. The molecule has 2 atom stereocenters. The van der Waals surface area contributed by atoms with Crippen LogP contribution in [-0.4, -0.2) is 27.3 Å². The summed E-state index contributed by atoms with van der Waals surface area (Å²) in [5, 5.41) is 3.31. The Morgan fingerprint density at radius 3 is 2.80 bits per heavy atom. The SMILES string of the molecule is CNC1CCCC1CCS(=O)(=O)Cc1cccc(C)c1. The second-order valence-corrected chi connectivity index (χ2v) is 8.14. The van der Waals surface area contributed by atoms with Gasteiger partial charge in [-0.3, -0.25) is 0 Å². The molecule has 1 aromatic carbocycles. The molecule has 1 N–H and O–H groups in total. The molecule has 2 rings (SSSR count). The van der Waals surface area contributed by atoms with Gasteiger partial charge in [0.05, 0.1) is 11.5 Å². The van der Waals surface area contributed by atoms with Gasteiger partial charge in [0, 0.05) is 6.04 Å². The average Bonchev–Trinajstić information content (AvgIpc) is 2.83. The molecule has 1 saturated carbocycles. The fourth-order valence-electron chi connectivity index (χ4n) is 3.22. The molecular formula is C16H25NO2S. The van der Waals surface area contributed by atoms with Gasteiger partial charge in [0.15, 0.2) is 9.84 Å². The standard InChI is InChI=1S/C16H25NO2S/c1-13-5-3-6-14(11-13)12-20(18,19)10-9-15-7-4-8-16(15)17-2/h3,5-6,11,15-17H,4,7-10,12H2,1-2H3. The third kappa shape index (κ3) is 4.32. The van der Waals surface area contributed by atoms with Crippen molar-refractivity contribution >= 4 is 9.84 Å². The number of nitrogens with one attached hydrogen (secondary N) is 1. The van der Waals surface area contributed by atoms with E-state index in [0.717, 1.165) is 24.0 Å². The molecular weight excluding hydrogens is 270 g/mol. The minimum atomic E-state index is -3.00. The van der Waals surface area contributed by atoms with E-state index in [1.807, 2.05) is 38.2 Å². The van der Waals surface area contributed by atoms with E-state index in [1.165, 1.54) is 12.8 Å². The number of aryl methyl sites for hydroxylation is 1. The summed E-state index contributed by atoms with van der Waals surface area (Å²) >= 11 is 0. The summed E-state index contributed by atoms with van der Waals surface area (Å²) in [4.78, 5) is 0. The molecule has 0 amide bonds. The first-order valence-corrected chi connectivity index (χ1v) is 9.25. The van der Waals surface area contributed by atoms with Crippen LogP contribution in [0.1, 0.15) is 36.8 Å². The molecule has 0 aromatic heterocycles. The zero-order valence-corrected chi connectivity index (χ0v) is 13.2.